The molecule has 2 fully saturated rings. The van der Waals surface area contributed by atoms with E-state index in [2.05, 4.69) is 22.2 Å². The van der Waals surface area contributed by atoms with Gasteiger partial charge in [0.2, 0.25) is 5.89 Å². The normalized spacial score (nSPS) is 17.1. The van der Waals surface area contributed by atoms with Crippen molar-refractivity contribution in [1.82, 2.24) is 24.5 Å². The van der Waals surface area contributed by atoms with Crippen LogP contribution in [0.4, 0.5) is 4.39 Å². The smallest absolute Gasteiger partial charge is 0.273 e. The molecule has 1 aliphatic carbocycles. The summed E-state index contributed by atoms with van der Waals surface area (Å²) in [6, 6.07) is 9.68. The number of aromatic amines is 1. The highest BCUT2D eigenvalue weighted by molar-refractivity contribution is 6.05. The van der Waals surface area contributed by atoms with Crippen LogP contribution >= 0.6 is 0 Å². The molecule has 9 heteroatoms. The maximum Gasteiger partial charge on any atom is 0.273 e. The number of nitrogens with zero attached hydrogens (tertiary/aromatic N) is 4. The molecule has 1 aliphatic heterocycles. The minimum Gasteiger partial charge on any atom is -0.443 e. The lowest BCUT2D eigenvalue weighted by Crippen LogP contribution is -2.50. The number of hydrogen-bond donors (Lipinski definition) is 1. The van der Waals surface area contributed by atoms with Crippen molar-refractivity contribution in [3.8, 4) is 22.8 Å². The molecule has 180 valence electrons. The summed E-state index contributed by atoms with van der Waals surface area (Å²) in [5.41, 5.74) is 2.94. The van der Waals surface area contributed by atoms with Crippen LogP contribution in [0.15, 0.2) is 52.0 Å². The first-order valence-corrected chi connectivity index (χ1v) is 12.1. The van der Waals surface area contributed by atoms with Crippen molar-refractivity contribution in [2.45, 2.75) is 38.0 Å². The summed E-state index contributed by atoms with van der Waals surface area (Å²) < 4.78 is 19.6. The molecule has 1 N–H and O–H groups in total. The van der Waals surface area contributed by atoms with Crippen LogP contribution in [0.1, 0.15) is 53.9 Å². The molecule has 8 nitrogen and oxygen atoms in total. The van der Waals surface area contributed by atoms with Crippen LogP contribution in [-0.4, -0.2) is 50.2 Å². The molecular formula is C26H26FN5O3. The molecule has 1 aromatic carbocycles. The van der Waals surface area contributed by atoms with Crippen LogP contribution in [0.25, 0.3) is 28.5 Å². The van der Waals surface area contributed by atoms with Crippen LogP contribution in [0.5, 0.6) is 0 Å². The third-order valence-corrected chi connectivity index (χ3v) is 7.22. The van der Waals surface area contributed by atoms with Crippen molar-refractivity contribution in [3.05, 3.63) is 64.3 Å². The number of benzene rings is 1. The van der Waals surface area contributed by atoms with E-state index in [9.17, 15) is 14.0 Å². The average molecular weight is 476 g/mol. The molecule has 0 bridgehead atoms. The lowest BCUT2D eigenvalue weighted by molar-refractivity contribution is 0.0455. The van der Waals surface area contributed by atoms with E-state index in [0.29, 0.717) is 24.7 Å². The fourth-order valence-electron chi connectivity index (χ4n) is 5.24. The van der Waals surface area contributed by atoms with E-state index in [-0.39, 0.29) is 40.2 Å². The Kier molecular flexibility index (Phi) is 5.47. The number of hydrogen-bond acceptors (Lipinski definition) is 5. The number of amides is 1. The topological polar surface area (TPSA) is 96.5 Å². The van der Waals surface area contributed by atoms with Gasteiger partial charge in [-0.2, -0.15) is 0 Å². The Balaban J connectivity index is 1.42. The molecule has 3 aromatic heterocycles. The second kappa shape index (κ2) is 8.79. The first-order valence-electron chi connectivity index (χ1n) is 12.1. The Morgan fingerprint density at radius 3 is 2.60 bits per heavy atom. The number of H-pyrrole nitrogens is 1. The zero-order valence-corrected chi connectivity index (χ0v) is 19.2. The number of alkyl halides is 1. The first-order chi connectivity index (χ1) is 17.1. The second-order valence-electron chi connectivity index (χ2n) is 9.53. The van der Waals surface area contributed by atoms with Crippen LogP contribution in [0.3, 0.4) is 0 Å². The molecule has 1 saturated heterocycles. The summed E-state index contributed by atoms with van der Waals surface area (Å²) in [5.74, 6) is 0.265. The Hall–Kier alpha value is -3.75. The number of likely N-dealkylation sites (tertiary alicyclic amines) is 1. The van der Waals surface area contributed by atoms with Gasteiger partial charge in [0.1, 0.15) is 17.5 Å². The number of oxazole rings is 1. The minimum absolute atomic E-state index is 0.164. The van der Waals surface area contributed by atoms with Gasteiger partial charge in [-0.3, -0.25) is 19.1 Å². The van der Waals surface area contributed by atoms with E-state index in [1.54, 1.807) is 4.90 Å². The van der Waals surface area contributed by atoms with Crippen LogP contribution < -0.4 is 5.56 Å². The van der Waals surface area contributed by atoms with E-state index >= 15 is 0 Å². The van der Waals surface area contributed by atoms with Crippen molar-refractivity contribution in [2.75, 3.05) is 19.8 Å². The summed E-state index contributed by atoms with van der Waals surface area (Å²) in [6.07, 6.45) is 9.12. The van der Waals surface area contributed by atoms with Crippen molar-refractivity contribution in [1.29, 1.82) is 0 Å². The molecule has 1 amide bonds. The SMILES string of the molecule is O=C(c1c(-c2ncco2)[nH]n2c(=O)cc(-c3ccc(C4CCCCC4)cc3)nc12)N1CC(CF)C1. The molecule has 0 spiro atoms. The van der Waals surface area contributed by atoms with Crippen molar-refractivity contribution >= 4 is 11.6 Å². The van der Waals surface area contributed by atoms with Gasteiger partial charge in [0.05, 0.1) is 18.6 Å². The molecule has 4 aromatic rings. The Morgan fingerprint density at radius 2 is 1.91 bits per heavy atom. The van der Waals surface area contributed by atoms with Gasteiger partial charge in [-0.1, -0.05) is 43.5 Å². The van der Waals surface area contributed by atoms with E-state index < -0.39 is 6.67 Å². The number of carbonyl (C=O) groups excluding carboxylic acids is 1. The molecule has 4 heterocycles. The number of halogens is 1. The molecule has 0 unspecified atom stereocenters. The van der Waals surface area contributed by atoms with Gasteiger partial charge < -0.3 is 9.32 Å². The monoisotopic (exact) mass is 475 g/mol. The van der Waals surface area contributed by atoms with E-state index in [1.807, 2.05) is 12.1 Å². The van der Waals surface area contributed by atoms with Crippen molar-refractivity contribution in [2.24, 2.45) is 5.92 Å². The fourth-order valence-corrected chi connectivity index (χ4v) is 5.24. The molecule has 2 aliphatic rings. The second-order valence-corrected chi connectivity index (χ2v) is 9.53. The summed E-state index contributed by atoms with van der Waals surface area (Å²) in [5, 5.41) is 2.94. The zero-order valence-electron chi connectivity index (χ0n) is 19.2. The zero-order chi connectivity index (χ0) is 23.9. The number of rotatable bonds is 5. The summed E-state index contributed by atoms with van der Waals surface area (Å²) >= 11 is 0. The minimum atomic E-state index is -0.469. The summed E-state index contributed by atoms with van der Waals surface area (Å²) in [4.78, 5) is 36.9. The first kappa shape index (κ1) is 21.8. The van der Waals surface area contributed by atoms with Gasteiger partial charge in [0, 0.05) is 30.6 Å². The number of fused-ring (bicyclic) bond motifs is 1. The van der Waals surface area contributed by atoms with Gasteiger partial charge in [-0.15, -0.1) is 0 Å². The Bertz CT molecular complexity index is 1410. The van der Waals surface area contributed by atoms with Gasteiger partial charge in [-0.05, 0) is 24.3 Å². The summed E-state index contributed by atoms with van der Waals surface area (Å²) in [7, 11) is 0. The quantitative estimate of drug-likeness (QED) is 0.461. The van der Waals surface area contributed by atoms with Crippen LogP contribution in [0.2, 0.25) is 0 Å². The largest absolute Gasteiger partial charge is 0.443 e. The highest BCUT2D eigenvalue weighted by Crippen LogP contribution is 2.34. The summed E-state index contributed by atoms with van der Waals surface area (Å²) in [6.45, 7) is 0.178. The third kappa shape index (κ3) is 3.84. The molecule has 0 radical (unpaired) electrons. The predicted molar refractivity (Wildman–Crippen MR) is 128 cm³/mol. The molecule has 35 heavy (non-hydrogen) atoms. The average Bonchev–Trinajstić information content (AvgIpc) is 3.52. The van der Waals surface area contributed by atoms with Gasteiger partial charge in [-0.25, -0.2) is 14.5 Å². The maximum absolute atomic E-state index is 13.4. The molecule has 1 saturated carbocycles. The number of carbonyl (C=O) groups is 1. The van der Waals surface area contributed by atoms with Crippen molar-refractivity contribution in [3.63, 3.8) is 0 Å². The van der Waals surface area contributed by atoms with E-state index in [4.69, 9.17) is 9.40 Å². The van der Waals surface area contributed by atoms with E-state index in [0.717, 1.165) is 5.56 Å². The highest BCUT2D eigenvalue weighted by atomic mass is 19.1. The lowest BCUT2D eigenvalue weighted by Gasteiger charge is -2.37. The highest BCUT2D eigenvalue weighted by Gasteiger charge is 2.35. The maximum atomic E-state index is 13.4. The third-order valence-electron chi connectivity index (χ3n) is 7.22. The van der Waals surface area contributed by atoms with Gasteiger partial charge in [0.15, 0.2) is 5.65 Å². The number of nitrogens with one attached hydrogen (secondary N) is 1. The predicted octanol–water partition coefficient (Wildman–Crippen LogP) is 4.43. The Labute approximate surface area is 200 Å². The Morgan fingerprint density at radius 1 is 1.14 bits per heavy atom. The van der Waals surface area contributed by atoms with Crippen molar-refractivity contribution < 1.29 is 13.6 Å². The van der Waals surface area contributed by atoms with Crippen LogP contribution in [0, 0.1) is 5.92 Å². The molecule has 6 rings (SSSR count). The fraction of sp³-hybridized carbons (Fsp3) is 0.385. The standard InChI is InChI=1S/C26H26FN5O3/c27-13-16-14-31(15-16)26(34)22-23(25-28-10-11-35-25)30-32-21(33)12-20(29-24(22)32)19-8-6-18(7-9-19)17-4-2-1-3-5-17/h6-12,16-17,30H,1-5,13-15H2. The lowest BCUT2D eigenvalue weighted by atomic mass is 9.84. The van der Waals surface area contributed by atoms with Gasteiger partial charge in [0.25, 0.3) is 11.5 Å². The molecule has 0 atom stereocenters. The van der Waals surface area contributed by atoms with E-state index in [1.165, 1.54) is 60.7 Å². The molecular weight excluding hydrogens is 449 g/mol. The number of aromatic nitrogens is 4. The van der Waals surface area contributed by atoms with Crippen LogP contribution in [-0.2, 0) is 0 Å². The van der Waals surface area contributed by atoms with Gasteiger partial charge >= 0.3 is 0 Å².